The van der Waals surface area contributed by atoms with Gasteiger partial charge < -0.3 is 0 Å². The van der Waals surface area contributed by atoms with E-state index in [4.69, 9.17) is 0 Å². The minimum Gasteiger partial charge on any atom is -0.0622 e. The monoisotopic (exact) mass is 193 g/mol. The van der Waals surface area contributed by atoms with Crippen molar-refractivity contribution in [2.24, 2.45) is 0 Å². The van der Waals surface area contributed by atoms with Gasteiger partial charge in [0.15, 0.2) is 10.3 Å². The summed E-state index contributed by atoms with van der Waals surface area (Å²) in [5.41, 5.74) is 1.33. The van der Waals surface area contributed by atoms with E-state index < -0.39 is 0 Å². The van der Waals surface area contributed by atoms with Crippen molar-refractivity contribution < 1.29 is 0 Å². The Labute approximate surface area is 79.5 Å². The first-order valence-corrected chi connectivity index (χ1v) is 5.96. The van der Waals surface area contributed by atoms with Crippen LogP contribution in [0.4, 0.5) is 0 Å². The minimum absolute atomic E-state index is 1.33. The fourth-order valence-corrected chi connectivity index (χ4v) is 3.24. The maximum atomic E-state index is 2.24. The topological polar surface area (TPSA) is 0 Å². The largest absolute Gasteiger partial charge is 0.300 e. The van der Waals surface area contributed by atoms with E-state index in [1.54, 1.807) is 0 Å². The Kier molecular flexibility index (Phi) is 2.19. The zero-order chi connectivity index (χ0) is 8.39. The van der Waals surface area contributed by atoms with Crippen LogP contribution in [-0.2, 0) is 0 Å². The molecule has 0 aliphatic rings. The number of hydrogen-bond donors (Lipinski definition) is 0. The third kappa shape index (κ3) is 1.54. The molecule has 60 valence electrons. The lowest BCUT2D eigenvalue weighted by molar-refractivity contribution is 1.62. The molecule has 12 heavy (non-hydrogen) atoms. The molecule has 0 amide bonds. The summed E-state index contributed by atoms with van der Waals surface area (Å²) in [6.45, 7) is 2.15. The molecule has 0 N–H and O–H groups in total. The first-order chi connectivity index (χ1) is 5.86. The first-order valence-electron chi connectivity index (χ1n) is 3.81. The van der Waals surface area contributed by atoms with Crippen LogP contribution in [0.2, 0.25) is 0 Å². The Morgan fingerprint density at radius 1 is 1.17 bits per heavy atom. The molecular weight excluding hydrogens is 184 g/mol. The molecule has 0 aliphatic carbocycles. The molecule has 0 aliphatic heterocycles. The summed E-state index contributed by atoms with van der Waals surface area (Å²) < 4.78 is 0. The average molecular weight is 193 g/mol. The highest BCUT2D eigenvalue weighted by atomic mass is 32.9. The van der Waals surface area contributed by atoms with Gasteiger partial charge in [0.05, 0.1) is 4.88 Å². The lowest BCUT2D eigenvalue weighted by Gasteiger charge is -1.85. The Bertz CT molecular complexity index is 362. The van der Waals surface area contributed by atoms with Crippen LogP contribution >= 0.6 is 20.7 Å². The molecule has 0 bridgehead atoms. The van der Waals surface area contributed by atoms with Gasteiger partial charge in [0.1, 0.15) is 0 Å². The third-order valence-electron chi connectivity index (χ3n) is 1.66. The zero-order valence-corrected chi connectivity index (χ0v) is 8.41. The van der Waals surface area contributed by atoms with Crippen molar-refractivity contribution in [2.45, 2.75) is 6.92 Å². The highest BCUT2D eigenvalue weighted by molar-refractivity contribution is 7.70. The minimum atomic E-state index is 1.33. The van der Waals surface area contributed by atoms with Crippen LogP contribution in [0, 0.1) is 6.92 Å². The van der Waals surface area contributed by atoms with Crippen molar-refractivity contribution in [3.05, 3.63) is 41.3 Å². The van der Waals surface area contributed by atoms with Crippen molar-refractivity contribution >= 4 is 20.7 Å². The van der Waals surface area contributed by atoms with E-state index in [-0.39, 0.29) is 0 Å². The number of hydrogen-bond acceptors (Lipinski definition) is 1. The Morgan fingerprint density at radius 3 is 2.50 bits per heavy atom. The van der Waals surface area contributed by atoms with E-state index in [0.717, 1.165) is 0 Å². The normalized spacial score (nSPS) is 10.1. The molecule has 2 aromatic rings. The fraction of sp³-hybridized carbons (Fsp3) is 0.100. The van der Waals surface area contributed by atoms with Crippen molar-refractivity contribution in [1.82, 2.24) is 0 Å². The smallest absolute Gasteiger partial charge is 0.0622 e. The van der Waals surface area contributed by atoms with Gasteiger partial charge in [-0.2, -0.15) is 0 Å². The van der Waals surface area contributed by atoms with Gasteiger partial charge in [-0.15, -0.1) is 0 Å². The Hall–Kier alpha value is -0.730. The molecule has 2 heteroatoms. The van der Waals surface area contributed by atoms with Crippen LogP contribution in [-0.4, -0.2) is 0 Å². The molecule has 1 aromatic heterocycles. The second-order valence-corrected chi connectivity index (χ2v) is 5.07. The van der Waals surface area contributed by atoms with Crippen LogP contribution in [0.5, 0.6) is 0 Å². The van der Waals surface area contributed by atoms with Crippen LogP contribution in [0.15, 0.2) is 36.4 Å². The van der Waals surface area contributed by atoms with Crippen LogP contribution < -0.4 is 0 Å². The SMILES string of the molecule is Cc1cc(-c2ccccc2)[s+]s1. The van der Waals surface area contributed by atoms with Crippen molar-refractivity contribution in [2.75, 3.05) is 0 Å². The second kappa shape index (κ2) is 3.33. The Balaban J connectivity index is 2.45. The van der Waals surface area contributed by atoms with E-state index in [0.29, 0.717) is 0 Å². The summed E-state index contributed by atoms with van der Waals surface area (Å²) in [5, 5.41) is 0. The zero-order valence-electron chi connectivity index (χ0n) is 6.78. The van der Waals surface area contributed by atoms with E-state index in [9.17, 15) is 0 Å². The predicted molar refractivity (Wildman–Crippen MR) is 56.8 cm³/mol. The molecule has 0 saturated carbocycles. The van der Waals surface area contributed by atoms with Crippen LogP contribution in [0.1, 0.15) is 4.88 Å². The molecule has 1 heterocycles. The van der Waals surface area contributed by atoms with E-state index in [1.165, 1.54) is 15.3 Å². The summed E-state index contributed by atoms with van der Waals surface area (Å²) >= 11 is 0. The Morgan fingerprint density at radius 2 is 1.92 bits per heavy atom. The van der Waals surface area contributed by atoms with Gasteiger partial charge in [-0.25, -0.2) is 0 Å². The van der Waals surface area contributed by atoms with Crippen molar-refractivity contribution in [3.63, 3.8) is 0 Å². The van der Waals surface area contributed by atoms with Gasteiger partial charge in [-0.3, -0.25) is 0 Å². The molecular formula is C10H9S2+. The molecule has 0 unspecified atom stereocenters. The van der Waals surface area contributed by atoms with Crippen molar-refractivity contribution in [3.8, 4) is 10.4 Å². The fourth-order valence-electron chi connectivity index (χ4n) is 1.08. The second-order valence-electron chi connectivity index (χ2n) is 2.65. The van der Waals surface area contributed by atoms with Crippen molar-refractivity contribution in [1.29, 1.82) is 0 Å². The quantitative estimate of drug-likeness (QED) is 0.473. The highest BCUT2D eigenvalue weighted by Crippen LogP contribution is 2.30. The van der Waals surface area contributed by atoms with Gasteiger partial charge >= 0.3 is 10.3 Å². The average Bonchev–Trinajstić information content (AvgIpc) is 2.54. The van der Waals surface area contributed by atoms with Gasteiger partial charge in [0.2, 0.25) is 0 Å². The lowest BCUT2D eigenvalue weighted by Crippen LogP contribution is -1.68. The molecule has 0 saturated heterocycles. The van der Waals surface area contributed by atoms with E-state index >= 15 is 0 Å². The highest BCUT2D eigenvalue weighted by Gasteiger charge is 2.12. The third-order valence-corrected chi connectivity index (χ3v) is 4.23. The molecule has 1 aromatic carbocycles. The van der Waals surface area contributed by atoms with Gasteiger partial charge in [-0.1, -0.05) is 18.2 Å². The molecule has 0 spiro atoms. The maximum absolute atomic E-state index is 2.24. The molecule has 0 nitrogen and oxygen atoms in total. The molecule has 0 atom stereocenters. The van der Waals surface area contributed by atoms with Crippen LogP contribution in [0.3, 0.4) is 0 Å². The number of rotatable bonds is 1. The first kappa shape index (κ1) is 7.90. The summed E-state index contributed by atoms with van der Waals surface area (Å²) in [5.74, 6) is 0. The molecule has 0 radical (unpaired) electrons. The van der Waals surface area contributed by atoms with Gasteiger partial charge in [0, 0.05) is 11.6 Å². The van der Waals surface area contributed by atoms with Gasteiger partial charge in [0.25, 0.3) is 4.88 Å². The predicted octanol–water partition coefficient (Wildman–Crippen LogP) is 4.07. The number of benzene rings is 1. The van der Waals surface area contributed by atoms with Gasteiger partial charge in [-0.05, 0) is 19.1 Å². The van der Waals surface area contributed by atoms with Crippen LogP contribution in [0.25, 0.3) is 10.4 Å². The summed E-state index contributed by atoms with van der Waals surface area (Å²) in [6, 6.07) is 12.7. The van der Waals surface area contributed by atoms with E-state index in [2.05, 4.69) is 37.3 Å². The molecule has 0 fully saturated rings. The summed E-state index contributed by atoms with van der Waals surface area (Å²) in [4.78, 5) is 2.76. The summed E-state index contributed by atoms with van der Waals surface area (Å²) in [6.07, 6.45) is 0. The van der Waals surface area contributed by atoms with E-state index in [1.807, 2.05) is 26.7 Å². The standard InChI is InChI=1S/C10H9S2/c1-8-7-10(12-11-8)9-5-3-2-4-6-9/h2-7H,1H3/q+1. The molecule has 2 rings (SSSR count). The number of aryl methyl sites for hydroxylation is 1. The summed E-state index contributed by atoms with van der Waals surface area (Å²) in [7, 11) is 3.69. The maximum Gasteiger partial charge on any atom is 0.300 e. The lowest BCUT2D eigenvalue weighted by atomic mass is 10.2.